The molecule has 0 aliphatic carbocycles. The molecule has 0 saturated heterocycles. The summed E-state index contributed by atoms with van der Waals surface area (Å²) in [6.45, 7) is 12.5. The van der Waals surface area contributed by atoms with E-state index in [4.69, 9.17) is 0 Å². The molecular formula is C10H22Si2. The van der Waals surface area contributed by atoms with E-state index >= 15 is 0 Å². The van der Waals surface area contributed by atoms with Crippen LogP contribution >= 0.6 is 0 Å². The second-order valence-electron chi connectivity index (χ2n) is 3.97. The molecule has 0 amide bonds. The highest BCUT2D eigenvalue weighted by Crippen LogP contribution is 2.21. The summed E-state index contributed by atoms with van der Waals surface area (Å²) >= 11 is 0. The van der Waals surface area contributed by atoms with Gasteiger partial charge in [0.05, 0.1) is 8.07 Å². The molecular weight excluding hydrogens is 176 g/mol. The van der Waals surface area contributed by atoms with Crippen LogP contribution < -0.4 is 0 Å². The predicted molar refractivity (Wildman–Crippen MR) is 65.4 cm³/mol. The highest BCUT2D eigenvalue weighted by molar-refractivity contribution is 6.87. The first kappa shape index (κ1) is 11.9. The second-order valence-corrected chi connectivity index (χ2v) is 9.93. The largest absolute Gasteiger partial charge is 0.107 e. The van der Waals surface area contributed by atoms with Crippen molar-refractivity contribution in [1.82, 2.24) is 0 Å². The van der Waals surface area contributed by atoms with Crippen molar-refractivity contribution in [3.8, 4) is 0 Å². The normalized spacial score (nSPS) is 14.2. The summed E-state index contributed by atoms with van der Waals surface area (Å²) in [6, 6.07) is 1.35. The Morgan fingerprint density at radius 1 is 1.42 bits per heavy atom. The molecule has 0 aliphatic rings. The summed E-state index contributed by atoms with van der Waals surface area (Å²) in [6.07, 6.45) is 2.74. The Morgan fingerprint density at radius 3 is 2.25 bits per heavy atom. The lowest BCUT2D eigenvalue weighted by atomic mass is 10.3. The lowest BCUT2D eigenvalue weighted by molar-refractivity contribution is 0.761. The van der Waals surface area contributed by atoms with Gasteiger partial charge in [-0.05, 0) is 0 Å². The van der Waals surface area contributed by atoms with Crippen molar-refractivity contribution in [3.05, 3.63) is 24.6 Å². The van der Waals surface area contributed by atoms with Crippen LogP contribution in [0.3, 0.4) is 0 Å². The van der Waals surface area contributed by atoms with Crippen LogP contribution in [0.15, 0.2) is 24.6 Å². The van der Waals surface area contributed by atoms with Gasteiger partial charge in [0.25, 0.3) is 0 Å². The molecule has 0 radical (unpaired) electrons. The van der Waals surface area contributed by atoms with E-state index in [2.05, 4.69) is 38.0 Å². The first-order chi connectivity index (χ1) is 5.58. The molecule has 0 spiro atoms. The molecule has 0 aliphatic heterocycles. The molecule has 0 nitrogen and oxygen atoms in total. The van der Waals surface area contributed by atoms with E-state index in [1.54, 1.807) is 0 Å². The standard InChI is InChI=1S/C10H22Si2/c1-5-10(11)8-9-12(4,6-2)7-3/h6-7,10H,2-3,5,8-9H2,1,4,11H3. The van der Waals surface area contributed by atoms with Crippen molar-refractivity contribution >= 4 is 18.3 Å². The van der Waals surface area contributed by atoms with E-state index in [1.807, 2.05) is 0 Å². The first-order valence-corrected chi connectivity index (χ1v) is 8.86. The van der Waals surface area contributed by atoms with E-state index in [0.717, 1.165) is 5.54 Å². The Morgan fingerprint density at radius 2 is 1.92 bits per heavy atom. The summed E-state index contributed by atoms with van der Waals surface area (Å²) < 4.78 is 0. The summed E-state index contributed by atoms with van der Waals surface area (Å²) in [5, 5.41) is 0. The van der Waals surface area contributed by atoms with E-state index in [1.165, 1.54) is 29.1 Å². The zero-order valence-electron chi connectivity index (χ0n) is 8.77. The molecule has 0 rings (SSSR count). The molecule has 0 bridgehead atoms. The predicted octanol–water partition coefficient (Wildman–Crippen LogP) is 2.47. The van der Waals surface area contributed by atoms with E-state index < -0.39 is 8.07 Å². The lowest BCUT2D eigenvalue weighted by Crippen LogP contribution is -2.24. The van der Waals surface area contributed by atoms with Crippen molar-refractivity contribution in [1.29, 1.82) is 0 Å². The van der Waals surface area contributed by atoms with Crippen LogP contribution in [-0.4, -0.2) is 18.3 Å². The quantitative estimate of drug-likeness (QED) is 0.575. The van der Waals surface area contributed by atoms with Gasteiger partial charge in [-0.1, -0.05) is 49.3 Å². The Labute approximate surface area is 81.2 Å². The molecule has 0 aromatic heterocycles. The topological polar surface area (TPSA) is 0 Å². The zero-order valence-corrected chi connectivity index (χ0v) is 11.8. The van der Waals surface area contributed by atoms with Gasteiger partial charge in [-0.3, -0.25) is 0 Å². The minimum Gasteiger partial charge on any atom is -0.107 e. The Balaban J connectivity index is 3.88. The van der Waals surface area contributed by atoms with Crippen LogP contribution in [0.1, 0.15) is 19.8 Å². The molecule has 0 aromatic rings. The fraction of sp³-hybridized carbons (Fsp3) is 0.600. The van der Waals surface area contributed by atoms with Crippen LogP contribution in [0.2, 0.25) is 18.1 Å². The lowest BCUT2D eigenvalue weighted by Gasteiger charge is -2.20. The van der Waals surface area contributed by atoms with E-state index in [-0.39, 0.29) is 0 Å². The molecule has 1 atom stereocenters. The average Bonchev–Trinajstić information content (AvgIpc) is 2.13. The van der Waals surface area contributed by atoms with Gasteiger partial charge in [-0.15, -0.1) is 13.2 Å². The number of hydrogen-bond donors (Lipinski definition) is 0. The molecule has 12 heavy (non-hydrogen) atoms. The molecule has 0 aromatic carbocycles. The molecule has 0 saturated carbocycles. The zero-order chi connectivity index (χ0) is 9.61. The highest BCUT2D eigenvalue weighted by atomic mass is 28.3. The average molecular weight is 198 g/mol. The van der Waals surface area contributed by atoms with Crippen LogP contribution in [-0.2, 0) is 0 Å². The van der Waals surface area contributed by atoms with Crippen LogP contribution in [0, 0.1) is 0 Å². The summed E-state index contributed by atoms with van der Waals surface area (Å²) in [5.74, 6) is 0. The summed E-state index contributed by atoms with van der Waals surface area (Å²) in [4.78, 5) is 0. The van der Waals surface area contributed by atoms with Gasteiger partial charge in [-0.25, -0.2) is 0 Å². The van der Waals surface area contributed by atoms with Gasteiger partial charge in [0.2, 0.25) is 0 Å². The highest BCUT2D eigenvalue weighted by Gasteiger charge is 2.18. The van der Waals surface area contributed by atoms with Crippen molar-refractivity contribution in [2.45, 2.75) is 37.9 Å². The molecule has 1 unspecified atom stereocenters. The molecule has 0 N–H and O–H groups in total. The van der Waals surface area contributed by atoms with Crippen molar-refractivity contribution in [2.24, 2.45) is 0 Å². The van der Waals surface area contributed by atoms with Crippen LogP contribution in [0.5, 0.6) is 0 Å². The van der Waals surface area contributed by atoms with Gasteiger partial charge in [0, 0.05) is 10.2 Å². The Bertz CT molecular complexity index is 144. The maximum Gasteiger partial charge on any atom is 0.0973 e. The minimum absolute atomic E-state index is 0.997. The van der Waals surface area contributed by atoms with Crippen molar-refractivity contribution in [2.75, 3.05) is 0 Å². The van der Waals surface area contributed by atoms with Gasteiger partial charge in [-0.2, -0.15) is 0 Å². The molecule has 2 heteroatoms. The Kier molecular flexibility index (Phi) is 5.50. The van der Waals surface area contributed by atoms with Gasteiger partial charge in [0.1, 0.15) is 0 Å². The minimum atomic E-state index is -1.23. The maximum absolute atomic E-state index is 3.91. The summed E-state index contributed by atoms with van der Waals surface area (Å²) in [5.41, 5.74) is 5.31. The van der Waals surface area contributed by atoms with Crippen LogP contribution in [0.25, 0.3) is 0 Å². The molecule has 0 fully saturated rings. The van der Waals surface area contributed by atoms with Gasteiger partial charge in [0.15, 0.2) is 0 Å². The smallest absolute Gasteiger partial charge is 0.0973 e. The first-order valence-electron chi connectivity index (χ1n) is 4.85. The van der Waals surface area contributed by atoms with Crippen molar-refractivity contribution in [3.63, 3.8) is 0 Å². The fourth-order valence-corrected chi connectivity index (χ4v) is 3.60. The summed E-state index contributed by atoms with van der Waals surface area (Å²) in [7, 11) is 0.116. The van der Waals surface area contributed by atoms with Crippen molar-refractivity contribution < 1.29 is 0 Å². The fourth-order valence-electron chi connectivity index (χ4n) is 1.05. The maximum atomic E-state index is 3.91. The third-order valence-corrected chi connectivity index (χ3v) is 7.43. The molecule has 0 heterocycles. The monoisotopic (exact) mass is 198 g/mol. The number of hydrogen-bond acceptors (Lipinski definition) is 0. The van der Waals surface area contributed by atoms with Gasteiger partial charge < -0.3 is 0 Å². The van der Waals surface area contributed by atoms with Crippen LogP contribution in [0.4, 0.5) is 0 Å². The third-order valence-electron chi connectivity index (χ3n) is 2.81. The number of rotatable bonds is 6. The Hall–Kier alpha value is -0.0862. The SMILES string of the molecule is C=C[Si](C)(C=C)CCC([SiH3])CC. The second kappa shape index (κ2) is 5.54. The molecule has 70 valence electrons. The van der Waals surface area contributed by atoms with Gasteiger partial charge >= 0.3 is 0 Å². The van der Waals surface area contributed by atoms with E-state index in [9.17, 15) is 0 Å². The third kappa shape index (κ3) is 4.07. The van der Waals surface area contributed by atoms with E-state index in [0.29, 0.717) is 0 Å².